The van der Waals surface area contributed by atoms with E-state index >= 15 is 0 Å². The molecule has 1 aromatic carbocycles. The summed E-state index contributed by atoms with van der Waals surface area (Å²) in [5, 5.41) is 18.8. The van der Waals surface area contributed by atoms with Gasteiger partial charge in [-0.1, -0.05) is 18.7 Å². The van der Waals surface area contributed by atoms with Crippen LogP contribution in [0.3, 0.4) is 0 Å². The lowest BCUT2D eigenvalue weighted by atomic mass is 9.59. The minimum absolute atomic E-state index is 0.121. The fourth-order valence-electron chi connectivity index (χ4n) is 4.08. The molecule has 1 fully saturated rings. The predicted molar refractivity (Wildman–Crippen MR) is 117 cm³/mol. The molecule has 10 heteroatoms. The van der Waals surface area contributed by atoms with Crippen LogP contribution in [-0.2, 0) is 0 Å². The number of nitriles is 1. The van der Waals surface area contributed by atoms with Crippen LogP contribution in [-0.4, -0.2) is 27.7 Å². The zero-order valence-electron chi connectivity index (χ0n) is 17.5. The summed E-state index contributed by atoms with van der Waals surface area (Å²) in [6.07, 6.45) is 0.435. The van der Waals surface area contributed by atoms with Crippen LogP contribution in [0.2, 0.25) is 0 Å². The van der Waals surface area contributed by atoms with Crippen LogP contribution in [0.1, 0.15) is 52.9 Å². The third-order valence-corrected chi connectivity index (χ3v) is 6.83. The van der Waals surface area contributed by atoms with Gasteiger partial charge in [-0.05, 0) is 53.6 Å². The van der Waals surface area contributed by atoms with Gasteiger partial charge in [0.05, 0.1) is 5.56 Å². The number of carbonyl (C=O) groups excluding carboxylic acids is 1. The third-order valence-electron chi connectivity index (χ3n) is 5.80. The Bertz CT molecular complexity index is 1110. The Labute approximate surface area is 187 Å². The molecule has 4 N–H and O–H groups in total. The number of aryl methyl sites for hydroxylation is 1. The quantitative estimate of drug-likeness (QED) is 0.422. The van der Waals surface area contributed by atoms with E-state index in [1.807, 2.05) is 6.07 Å². The van der Waals surface area contributed by atoms with Crippen molar-refractivity contribution < 1.29 is 18.0 Å². The first-order valence-electron chi connectivity index (χ1n) is 9.78. The molecule has 1 heterocycles. The topological polar surface area (TPSA) is 116 Å². The zero-order valence-corrected chi connectivity index (χ0v) is 18.3. The second-order valence-electron chi connectivity index (χ2n) is 8.14. The Kier molecular flexibility index (Phi) is 6.51. The molecule has 0 saturated heterocycles. The van der Waals surface area contributed by atoms with Crippen LogP contribution in [0.4, 0.5) is 18.9 Å². The van der Waals surface area contributed by atoms with Crippen molar-refractivity contribution in [2.45, 2.75) is 38.5 Å². The molecule has 1 atom stereocenters. The number of carbonyl (C=O) groups is 1. The van der Waals surface area contributed by atoms with Gasteiger partial charge in [0.1, 0.15) is 17.6 Å². The minimum Gasteiger partial charge on any atom is -0.379 e. The summed E-state index contributed by atoms with van der Waals surface area (Å²) < 4.78 is 42.3. The number of nitrogens with one attached hydrogen (secondary N) is 2. The van der Waals surface area contributed by atoms with Crippen LogP contribution < -0.4 is 11.1 Å². The second kappa shape index (κ2) is 8.82. The molecule has 1 aromatic heterocycles. The van der Waals surface area contributed by atoms with E-state index in [1.54, 1.807) is 13.8 Å². The summed E-state index contributed by atoms with van der Waals surface area (Å²) in [5.74, 6) is -4.36. The van der Waals surface area contributed by atoms with Gasteiger partial charge in [-0.3, -0.25) is 10.2 Å². The average Bonchev–Trinajstić information content (AvgIpc) is 2.71. The van der Waals surface area contributed by atoms with Crippen LogP contribution >= 0.6 is 11.8 Å². The SMILES string of the molecule is Cc1cc(C#N)cnc1C(=O)Nc1ccc(F)c(C(C)C2(CSC(=N)N)CC(F)(F)C2)c1. The highest BCUT2D eigenvalue weighted by molar-refractivity contribution is 8.13. The van der Waals surface area contributed by atoms with E-state index in [0.717, 1.165) is 11.8 Å². The zero-order chi connectivity index (χ0) is 23.7. The summed E-state index contributed by atoms with van der Waals surface area (Å²) in [7, 11) is 0. The van der Waals surface area contributed by atoms with Gasteiger partial charge in [0.2, 0.25) is 5.92 Å². The Hall–Kier alpha value is -3.06. The maximum atomic E-state index is 14.7. The van der Waals surface area contributed by atoms with Crippen LogP contribution in [0, 0.1) is 34.9 Å². The Morgan fingerprint density at radius 1 is 1.41 bits per heavy atom. The standard InChI is InChI=1S/C22H22F3N5OS/c1-12-5-14(7-26)8-29-18(12)19(31)30-15-3-4-17(23)16(6-15)13(2)21(11-32-20(27)28)9-22(24,25)10-21/h3-6,8,13H,9-11H2,1-2H3,(H3,27,28)(H,30,31). The van der Waals surface area contributed by atoms with Gasteiger partial charge >= 0.3 is 0 Å². The Balaban J connectivity index is 1.85. The minimum atomic E-state index is -2.84. The molecule has 0 radical (unpaired) electrons. The number of thioether (sulfide) groups is 1. The molecular formula is C22H22F3N5OS. The van der Waals surface area contributed by atoms with Crippen LogP contribution in [0.5, 0.6) is 0 Å². The van der Waals surface area contributed by atoms with Gasteiger partial charge in [0.25, 0.3) is 5.91 Å². The Morgan fingerprint density at radius 2 is 2.09 bits per heavy atom. The van der Waals surface area contributed by atoms with Crippen molar-refractivity contribution in [3.63, 3.8) is 0 Å². The Morgan fingerprint density at radius 3 is 2.66 bits per heavy atom. The number of nitrogens with zero attached hydrogens (tertiary/aromatic N) is 2. The van der Waals surface area contributed by atoms with E-state index in [9.17, 15) is 18.0 Å². The second-order valence-corrected chi connectivity index (χ2v) is 9.16. The molecule has 3 rings (SSSR count). The monoisotopic (exact) mass is 461 g/mol. The van der Waals surface area contributed by atoms with E-state index < -0.39 is 41.8 Å². The lowest BCUT2D eigenvalue weighted by Crippen LogP contribution is -2.51. The van der Waals surface area contributed by atoms with Gasteiger partial charge < -0.3 is 11.1 Å². The highest BCUT2D eigenvalue weighted by Gasteiger charge is 2.59. The number of alkyl halides is 2. The van der Waals surface area contributed by atoms with E-state index in [2.05, 4.69) is 10.3 Å². The van der Waals surface area contributed by atoms with E-state index in [4.69, 9.17) is 16.4 Å². The first-order chi connectivity index (χ1) is 15.0. The molecule has 168 valence electrons. The van der Waals surface area contributed by atoms with Crippen molar-refractivity contribution in [3.05, 3.63) is 58.7 Å². The molecule has 6 nitrogen and oxygen atoms in total. The maximum absolute atomic E-state index is 14.7. The summed E-state index contributed by atoms with van der Waals surface area (Å²) >= 11 is 0.965. The van der Waals surface area contributed by atoms with Crippen molar-refractivity contribution in [2.75, 3.05) is 11.1 Å². The van der Waals surface area contributed by atoms with Crippen molar-refractivity contribution >= 4 is 28.5 Å². The van der Waals surface area contributed by atoms with Gasteiger partial charge in [-0.15, -0.1) is 0 Å². The first kappa shape index (κ1) is 23.6. The van der Waals surface area contributed by atoms with E-state index in [-0.39, 0.29) is 22.2 Å². The molecular weight excluding hydrogens is 439 g/mol. The number of hydrogen-bond donors (Lipinski definition) is 3. The summed E-state index contributed by atoms with van der Waals surface area (Å²) in [5.41, 5.74) is 5.92. The summed E-state index contributed by atoms with van der Waals surface area (Å²) in [4.78, 5) is 16.6. The van der Waals surface area contributed by atoms with Crippen molar-refractivity contribution in [3.8, 4) is 6.07 Å². The van der Waals surface area contributed by atoms with E-state index in [1.165, 1.54) is 30.5 Å². The number of anilines is 1. The molecule has 1 aliphatic carbocycles. The van der Waals surface area contributed by atoms with Crippen molar-refractivity contribution in [2.24, 2.45) is 11.1 Å². The van der Waals surface area contributed by atoms with Crippen LogP contribution in [0.15, 0.2) is 30.5 Å². The fraction of sp³-hybridized carbons (Fsp3) is 0.364. The van der Waals surface area contributed by atoms with Gasteiger partial charge in [-0.25, -0.2) is 18.2 Å². The number of amidine groups is 1. The number of rotatable bonds is 6. The molecule has 0 spiro atoms. The number of halogens is 3. The lowest BCUT2D eigenvalue weighted by molar-refractivity contribution is -0.159. The lowest BCUT2D eigenvalue weighted by Gasteiger charge is -2.51. The highest BCUT2D eigenvalue weighted by atomic mass is 32.2. The predicted octanol–water partition coefficient (Wildman–Crippen LogP) is 4.80. The van der Waals surface area contributed by atoms with Crippen molar-refractivity contribution in [1.29, 1.82) is 10.7 Å². The highest BCUT2D eigenvalue weighted by Crippen LogP contribution is 2.60. The molecule has 32 heavy (non-hydrogen) atoms. The average molecular weight is 462 g/mol. The number of amides is 1. The molecule has 1 saturated carbocycles. The van der Waals surface area contributed by atoms with Crippen molar-refractivity contribution in [1.82, 2.24) is 4.98 Å². The third kappa shape index (κ3) is 4.88. The van der Waals surface area contributed by atoms with Gasteiger partial charge in [0.15, 0.2) is 5.17 Å². The summed E-state index contributed by atoms with van der Waals surface area (Å²) in [6.45, 7) is 3.32. The number of nitrogens with two attached hydrogens (primary N) is 1. The number of aromatic nitrogens is 1. The normalized spacial score (nSPS) is 17.0. The van der Waals surface area contributed by atoms with Crippen LogP contribution in [0.25, 0.3) is 0 Å². The summed E-state index contributed by atoms with van der Waals surface area (Å²) in [6, 6.07) is 7.49. The number of hydrogen-bond acceptors (Lipinski definition) is 5. The van der Waals surface area contributed by atoms with E-state index in [0.29, 0.717) is 16.8 Å². The molecule has 0 bridgehead atoms. The molecule has 1 unspecified atom stereocenters. The molecule has 1 amide bonds. The molecule has 0 aliphatic heterocycles. The van der Waals surface area contributed by atoms with Gasteiger partial charge in [-0.2, -0.15) is 5.26 Å². The smallest absolute Gasteiger partial charge is 0.274 e. The molecule has 1 aliphatic rings. The largest absolute Gasteiger partial charge is 0.379 e. The molecule has 2 aromatic rings. The first-order valence-corrected chi connectivity index (χ1v) is 10.8. The number of pyridine rings is 1. The fourth-order valence-corrected chi connectivity index (χ4v) is 4.98. The maximum Gasteiger partial charge on any atom is 0.274 e. The number of benzene rings is 1. The van der Waals surface area contributed by atoms with Gasteiger partial charge in [0, 0.05) is 30.5 Å².